The van der Waals surface area contributed by atoms with Crippen LogP contribution < -0.4 is 4.74 Å². The molecule has 11 nitrogen and oxygen atoms in total. The summed E-state index contributed by atoms with van der Waals surface area (Å²) in [5.74, 6) is -2.03. The number of methoxy groups -OCH3 is 1. The molecule has 0 aliphatic carbocycles. The second-order valence-electron chi connectivity index (χ2n) is 9.81. The van der Waals surface area contributed by atoms with Crippen LogP contribution in [0.4, 0.5) is 0 Å². The van der Waals surface area contributed by atoms with Gasteiger partial charge in [-0.2, -0.15) is 0 Å². The van der Waals surface area contributed by atoms with E-state index in [9.17, 15) is 30.3 Å². The van der Waals surface area contributed by atoms with Crippen LogP contribution in [0.3, 0.4) is 0 Å². The first kappa shape index (κ1) is 26.9. The number of carbonyl (C=O) groups excluding carboxylic acids is 1. The van der Waals surface area contributed by atoms with Crippen molar-refractivity contribution in [3.63, 3.8) is 0 Å². The third-order valence-electron chi connectivity index (χ3n) is 7.49. The molecule has 206 valence electrons. The van der Waals surface area contributed by atoms with E-state index < -0.39 is 54.6 Å². The number of aromatic hydroxyl groups is 2. The third kappa shape index (κ3) is 4.79. The average molecular weight is 551 g/mol. The Balaban J connectivity index is 1.42. The highest BCUT2D eigenvalue weighted by Crippen LogP contribution is 2.52. The number of carbonyl (C=O) groups is 1. The van der Waals surface area contributed by atoms with E-state index in [1.54, 1.807) is 0 Å². The lowest BCUT2D eigenvalue weighted by Crippen LogP contribution is -2.58. The van der Waals surface area contributed by atoms with Crippen LogP contribution in [0.25, 0.3) is 0 Å². The molecule has 0 radical (unpaired) electrons. The number of esters is 1. The largest absolute Gasteiger partial charge is 0.504 e. The summed E-state index contributed by atoms with van der Waals surface area (Å²) in [6.07, 6.45) is -6.75. The molecule has 5 unspecified atom stereocenters. The van der Waals surface area contributed by atoms with E-state index in [-0.39, 0.29) is 29.0 Å². The first-order chi connectivity index (χ1) is 18.2. The highest BCUT2D eigenvalue weighted by Gasteiger charge is 2.53. The molecule has 2 saturated heterocycles. The smallest absolute Gasteiger partial charge is 0.339 e. The van der Waals surface area contributed by atoms with Crippen molar-refractivity contribution in [1.82, 2.24) is 9.80 Å². The molecule has 38 heavy (non-hydrogen) atoms. The maximum atomic E-state index is 13.2. The van der Waals surface area contributed by atoms with Crippen LogP contribution in [0.2, 0.25) is 5.02 Å². The van der Waals surface area contributed by atoms with Crippen LogP contribution in [0.5, 0.6) is 17.2 Å². The summed E-state index contributed by atoms with van der Waals surface area (Å²) in [4.78, 5) is 17.5. The molecular weight excluding hydrogens is 520 g/mol. The van der Waals surface area contributed by atoms with E-state index in [1.165, 1.54) is 7.11 Å². The van der Waals surface area contributed by atoms with Gasteiger partial charge in [-0.1, -0.05) is 23.7 Å². The van der Waals surface area contributed by atoms with Gasteiger partial charge in [0, 0.05) is 55.4 Å². The zero-order chi connectivity index (χ0) is 27.1. The molecule has 5 atom stereocenters. The fourth-order valence-electron chi connectivity index (χ4n) is 5.49. The Labute approximate surface area is 224 Å². The molecule has 0 spiro atoms. The Bertz CT molecular complexity index is 1200. The van der Waals surface area contributed by atoms with Crippen molar-refractivity contribution >= 4 is 17.6 Å². The van der Waals surface area contributed by atoms with Gasteiger partial charge in [-0.3, -0.25) is 9.80 Å². The van der Waals surface area contributed by atoms with E-state index in [2.05, 4.69) is 9.80 Å². The zero-order valence-electron chi connectivity index (χ0n) is 20.8. The van der Waals surface area contributed by atoms with Gasteiger partial charge in [0.05, 0.1) is 19.3 Å². The molecule has 0 aromatic heterocycles. The quantitative estimate of drug-likeness (QED) is 0.324. The number of phenolic OH excluding ortho intramolecular Hbond substituents is 2. The molecule has 3 aliphatic heterocycles. The van der Waals surface area contributed by atoms with Gasteiger partial charge in [-0.25, -0.2) is 4.79 Å². The van der Waals surface area contributed by atoms with Crippen molar-refractivity contribution in [2.45, 2.75) is 43.6 Å². The monoisotopic (exact) mass is 550 g/mol. The molecule has 5 N–H and O–H groups in total. The Morgan fingerprint density at radius 3 is 2.37 bits per heavy atom. The Kier molecular flexibility index (Phi) is 7.70. The maximum Gasteiger partial charge on any atom is 0.339 e. The van der Waals surface area contributed by atoms with Gasteiger partial charge in [0.1, 0.15) is 24.4 Å². The summed E-state index contributed by atoms with van der Waals surface area (Å²) in [5, 5.41) is 53.2. The van der Waals surface area contributed by atoms with E-state index >= 15 is 0 Å². The number of fused-ring (bicyclic) bond motifs is 3. The Hall–Kier alpha value is -2.64. The number of piperazine rings is 1. The van der Waals surface area contributed by atoms with Gasteiger partial charge < -0.3 is 39.7 Å². The third-order valence-corrected chi connectivity index (χ3v) is 7.72. The topological polar surface area (TPSA) is 152 Å². The lowest BCUT2D eigenvalue weighted by atomic mass is 9.84. The minimum Gasteiger partial charge on any atom is -0.504 e. The molecule has 0 saturated carbocycles. The number of aliphatic hydroxyl groups is 3. The minimum absolute atomic E-state index is 0.0140. The van der Waals surface area contributed by atoms with Crippen molar-refractivity contribution in [2.24, 2.45) is 0 Å². The number of benzene rings is 2. The Morgan fingerprint density at radius 2 is 1.74 bits per heavy atom. The SMILES string of the molecule is COc1c(O)c(CN2CCN(Cc3cccc(Cl)c3)CC2)c2c(c1O)C1OC(CO)C(O)C(O)C1OC2=O. The molecule has 3 heterocycles. The van der Waals surface area contributed by atoms with Crippen LogP contribution in [-0.4, -0.2) is 106 Å². The minimum atomic E-state index is -1.56. The van der Waals surface area contributed by atoms with Gasteiger partial charge in [0.2, 0.25) is 5.75 Å². The number of aliphatic hydroxyl groups excluding tert-OH is 3. The lowest BCUT2D eigenvalue weighted by Gasteiger charge is -2.45. The van der Waals surface area contributed by atoms with E-state index in [4.69, 9.17) is 25.8 Å². The number of rotatable bonds is 6. The highest BCUT2D eigenvalue weighted by atomic mass is 35.5. The summed E-state index contributed by atoms with van der Waals surface area (Å²) >= 11 is 6.11. The van der Waals surface area contributed by atoms with Crippen molar-refractivity contribution in [1.29, 1.82) is 0 Å². The number of phenols is 2. The van der Waals surface area contributed by atoms with Crippen molar-refractivity contribution in [2.75, 3.05) is 39.9 Å². The van der Waals surface area contributed by atoms with Crippen LogP contribution in [-0.2, 0) is 22.6 Å². The van der Waals surface area contributed by atoms with Gasteiger partial charge in [0.15, 0.2) is 17.6 Å². The number of ether oxygens (including phenoxy) is 3. The number of hydrogen-bond acceptors (Lipinski definition) is 11. The van der Waals surface area contributed by atoms with Crippen LogP contribution in [0.1, 0.15) is 33.2 Å². The zero-order valence-corrected chi connectivity index (χ0v) is 21.5. The van der Waals surface area contributed by atoms with E-state index in [0.29, 0.717) is 18.1 Å². The predicted molar refractivity (Wildman–Crippen MR) is 134 cm³/mol. The van der Waals surface area contributed by atoms with Crippen LogP contribution in [0.15, 0.2) is 24.3 Å². The van der Waals surface area contributed by atoms with Gasteiger partial charge in [-0.05, 0) is 17.7 Å². The molecular formula is C26H31ClN2O9. The molecule has 5 rings (SSSR count). The van der Waals surface area contributed by atoms with Gasteiger partial charge >= 0.3 is 5.97 Å². The standard InChI is InChI=1S/C26H31ClN2O9/c1-36-24-19(31)15(11-29-7-5-28(6-8-29)10-13-3-2-4-14(27)9-13)17-18(21(24)33)23-25(38-26(17)35)22(34)20(32)16(12-30)37-23/h2-4,9,16,20,22-23,25,30-34H,5-8,10-12H2,1H3. The molecule has 3 aliphatic rings. The lowest BCUT2D eigenvalue weighted by molar-refractivity contribution is -0.235. The highest BCUT2D eigenvalue weighted by molar-refractivity contribution is 6.30. The van der Waals surface area contributed by atoms with E-state index in [0.717, 1.165) is 25.2 Å². The first-order valence-corrected chi connectivity index (χ1v) is 12.8. The summed E-state index contributed by atoms with van der Waals surface area (Å²) in [6.45, 7) is 3.08. The number of halogens is 1. The fourth-order valence-corrected chi connectivity index (χ4v) is 5.70. The van der Waals surface area contributed by atoms with Crippen molar-refractivity contribution in [3.05, 3.63) is 51.5 Å². The summed E-state index contributed by atoms with van der Waals surface area (Å²) in [5.41, 5.74) is 1.22. The number of hydrogen-bond donors (Lipinski definition) is 5. The van der Waals surface area contributed by atoms with Crippen molar-refractivity contribution in [3.8, 4) is 17.2 Å². The summed E-state index contributed by atoms with van der Waals surface area (Å²) in [7, 11) is 1.27. The molecule has 0 bridgehead atoms. The summed E-state index contributed by atoms with van der Waals surface area (Å²) < 4.78 is 16.5. The normalized spacial score (nSPS) is 27.9. The summed E-state index contributed by atoms with van der Waals surface area (Å²) in [6, 6.07) is 7.71. The second kappa shape index (κ2) is 10.9. The van der Waals surface area contributed by atoms with Gasteiger partial charge in [-0.15, -0.1) is 0 Å². The van der Waals surface area contributed by atoms with E-state index in [1.807, 2.05) is 24.3 Å². The first-order valence-electron chi connectivity index (χ1n) is 12.4. The average Bonchev–Trinajstić information content (AvgIpc) is 2.90. The molecule has 0 amide bonds. The molecule has 2 fully saturated rings. The number of nitrogens with zero attached hydrogens (tertiary/aromatic N) is 2. The van der Waals surface area contributed by atoms with Crippen molar-refractivity contribution < 1.29 is 44.5 Å². The fraction of sp³-hybridized carbons (Fsp3) is 0.500. The Morgan fingerprint density at radius 1 is 1.05 bits per heavy atom. The second-order valence-corrected chi connectivity index (χ2v) is 10.2. The molecule has 12 heteroatoms. The van der Waals surface area contributed by atoms with Crippen LogP contribution in [0, 0.1) is 0 Å². The molecule has 2 aromatic carbocycles. The maximum absolute atomic E-state index is 13.2. The predicted octanol–water partition coefficient (Wildman–Crippen LogP) is 0.771. The van der Waals surface area contributed by atoms with Crippen LogP contribution >= 0.6 is 11.6 Å². The molecule has 2 aromatic rings. The van der Waals surface area contributed by atoms with Gasteiger partial charge in [0.25, 0.3) is 0 Å².